The van der Waals surface area contributed by atoms with Gasteiger partial charge in [-0.2, -0.15) is 0 Å². The first-order chi connectivity index (χ1) is 7.67. The van der Waals surface area contributed by atoms with Crippen LogP contribution in [0.25, 0.3) is 0 Å². The van der Waals surface area contributed by atoms with E-state index in [2.05, 4.69) is 18.7 Å². The van der Waals surface area contributed by atoms with Gasteiger partial charge in [-0.05, 0) is 31.2 Å². The van der Waals surface area contributed by atoms with Gasteiger partial charge >= 0.3 is 0 Å². The maximum atomic E-state index is 6.21. The van der Waals surface area contributed by atoms with Crippen LogP contribution in [0.2, 0.25) is 0 Å². The van der Waals surface area contributed by atoms with Crippen molar-refractivity contribution >= 4 is 0 Å². The number of nitrogens with zero attached hydrogens (tertiary/aromatic N) is 1. The predicted molar refractivity (Wildman–Crippen MR) is 68.5 cm³/mol. The summed E-state index contributed by atoms with van der Waals surface area (Å²) in [5.74, 6) is 1.34. The van der Waals surface area contributed by atoms with Crippen molar-refractivity contribution in [2.24, 2.45) is 17.6 Å². The Bertz CT molecular complexity index is 185. The number of nitrogens with two attached hydrogens (primary N) is 1. The number of likely N-dealkylation sites (tertiary alicyclic amines) is 1. The van der Waals surface area contributed by atoms with Crippen LogP contribution in [-0.2, 0) is 4.74 Å². The molecule has 1 saturated heterocycles. The van der Waals surface area contributed by atoms with Crippen molar-refractivity contribution in [2.45, 2.75) is 39.2 Å². The van der Waals surface area contributed by atoms with Crippen molar-refractivity contribution in [3.05, 3.63) is 0 Å². The minimum absolute atomic E-state index is 0.325. The molecule has 1 rings (SSSR count). The summed E-state index contributed by atoms with van der Waals surface area (Å²) in [5.41, 5.74) is 6.21. The summed E-state index contributed by atoms with van der Waals surface area (Å²) in [6.07, 6.45) is 3.78. The summed E-state index contributed by atoms with van der Waals surface area (Å²) in [6, 6.07) is 0.325. The molecule has 3 unspecified atom stereocenters. The topological polar surface area (TPSA) is 38.5 Å². The molecule has 96 valence electrons. The highest BCUT2D eigenvalue weighted by atomic mass is 16.5. The zero-order valence-corrected chi connectivity index (χ0v) is 11.1. The quantitative estimate of drug-likeness (QED) is 0.752. The third-order valence-electron chi connectivity index (χ3n) is 3.85. The van der Waals surface area contributed by atoms with Gasteiger partial charge in [0.2, 0.25) is 0 Å². The smallest absolute Gasteiger partial charge is 0.0502 e. The minimum atomic E-state index is 0.325. The first-order valence-corrected chi connectivity index (χ1v) is 6.64. The zero-order valence-electron chi connectivity index (χ0n) is 11.1. The van der Waals surface area contributed by atoms with Crippen LogP contribution in [-0.4, -0.2) is 44.3 Å². The summed E-state index contributed by atoms with van der Waals surface area (Å²) < 4.78 is 5.25. The molecule has 0 radical (unpaired) electrons. The van der Waals surface area contributed by atoms with Crippen molar-refractivity contribution < 1.29 is 4.74 Å². The van der Waals surface area contributed by atoms with Crippen molar-refractivity contribution in [1.29, 1.82) is 0 Å². The fourth-order valence-corrected chi connectivity index (χ4v) is 2.47. The van der Waals surface area contributed by atoms with E-state index in [1.54, 1.807) is 7.11 Å². The number of hydrogen-bond acceptors (Lipinski definition) is 3. The molecule has 0 aromatic rings. The van der Waals surface area contributed by atoms with E-state index in [4.69, 9.17) is 10.5 Å². The predicted octanol–water partition coefficient (Wildman–Crippen LogP) is 1.72. The van der Waals surface area contributed by atoms with Gasteiger partial charge in [0, 0.05) is 26.2 Å². The van der Waals surface area contributed by atoms with Crippen molar-refractivity contribution in [2.75, 3.05) is 33.4 Å². The molecule has 1 aliphatic rings. The molecule has 0 aromatic carbocycles. The van der Waals surface area contributed by atoms with E-state index in [0.717, 1.165) is 19.7 Å². The number of rotatable bonds is 6. The molecule has 3 atom stereocenters. The Hall–Kier alpha value is -0.120. The molecule has 0 bridgehead atoms. The van der Waals surface area contributed by atoms with Crippen LogP contribution >= 0.6 is 0 Å². The lowest BCUT2D eigenvalue weighted by atomic mass is 9.95. The summed E-state index contributed by atoms with van der Waals surface area (Å²) in [7, 11) is 1.80. The first kappa shape index (κ1) is 13.9. The lowest BCUT2D eigenvalue weighted by molar-refractivity contribution is 0.0847. The van der Waals surface area contributed by atoms with Gasteiger partial charge < -0.3 is 15.4 Å². The van der Waals surface area contributed by atoms with Crippen LogP contribution in [0, 0.1) is 11.8 Å². The van der Waals surface area contributed by atoms with E-state index in [1.807, 2.05) is 0 Å². The summed E-state index contributed by atoms with van der Waals surface area (Å²) in [5, 5.41) is 0. The van der Waals surface area contributed by atoms with Crippen molar-refractivity contribution in [3.63, 3.8) is 0 Å². The molecule has 0 saturated carbocycles. The SMILES string of the molecule is CCC(C)C(N)CN1CCCC(COC)C1. The van der Waals surface area contributed by atoms with Gasteiger partial charge in [-0.3, -0.25) is 0 Å². The van der Waals surface area contributed by atoms with Gasteiger partial charge in [0.25, 0.3) is 0 Å². The maximum Gasteiger partial charge on any atom is 0.0502 e. The van der Waals surface area contributed by atoms with Crippen molar-refractivity contribution in [3.8, 4) is 0 Å². The van der Waals surface area contributed by atoms with Gasteiger partial charge in [0.15, 0.2) is 0 Å². The van der Waals surface area contributed by atoms with Gasteiger partial charge in [0.05, 0.1) is 6.61 Å². The summed E-state index contributed by atoms with van der Waals surface area (Å²) in [4.78, 5) is 2.52. The second-order valence-electron chi connectivity index (χ2n) is 5.27. The standard InChI is InChI=1S/C13H28N2O/c1-4-11(2)13(14)9-15-7-5-6-12(8-15)10-16-3/h11-13H,4-10,14H2,1-3H3. The van der Waals surface area contributed by atoms with Crippen LogP contribution in [0.4, 0.5) is 0 Å². The Labute approximate surface area is 100 Å². The molecule has 3 nitrogen and oxygen atoms in total. The van der Waals surface area contributed by atoms with Crippen molar-refractivity contribution in [1.82, 2.24) is 4.90 Å². The molecule has 1 fully saturated rings. The Balaban J connectivity index is 2.30. The highest BCUT2D eigenvalue weighted by molar-refractivity contribution is 4.78. The lowest BCUT2D eigenvalue weighted by Gasteiger charge is -2.35. The molecule has 0 aromatic heterocycles. The second kappa shape index (κ2) is 7.25. The Morgan fingerprint density at radius 3 is 2.88 bits per heavy atom. The monoisotopic (exact) mass is 228 g/mol. The molecular formula is C13H28N2O. The van der Waals surface area contributed by atoms with E-state index >= 15 is 0 Å². The van der Waals surface area contributed by atoms with Gasteiger partial charge in [-0.25, -0.2) is 0 Å². The van der Waals surface area contributed by atoms with Crippen LogP contribution in [0.5, 0.6) is 0 Å². The van der Waals surface area contributed by atoms with E-state index in [0.29, 0.717) is 17.9 Å². The molecule has 0 spiro atoms. The van der Waals surface area contributed by atoms with E-state index in [1.165, 1.54) is 25.8 Å². The maximum absolute atomic E-state index is 6.21. The Morgan fingerprint density at radius 2 is 2.25 bits per heavy atom. The summed E-state index contributed by atoms with van der Waals surface area (Å²) >= 11 is 0. The molecule has 16 heavy (non-hydrogen) atoms. The average molecular weight is 228 g/mol. The van der Waals surface area contributed by atoms with Crippen LogP contribution in [0.1, 0.15) is 33.1 Å². The van der Waals surface area contributed by atoms with E-state index < -0.39 is 0 Å². The molecular weight excluding hydrogens is 200 g/mol. The molecule has 0 aliphatic carbocycles. The van der Waals surface area contributed by atoms with Gasteiger partial charge in [-0.1, -0.05) is 20.3 Å². The largest absolute Gasteiger partial charge is 0.384 e. The lowest BCUT2D eigenvalue weighted by Crippen LogP contribution is -2.46. The molecule has 0 amide bonds. The highest BCUT2D eigenvalue weighted by Gasteiger charge is 2.22. The number of methoxy groups -OCH3 is 1. The summed E-state index contributed by atoms with van der Waals surface area (Å²) in [6.45, 7) is 8.79. The van der Waals surface area contributed by atoms with E-state index in [9.17, 15) is 0 Å². The average Bonchev–Trinajstić information content (AvgIpc) is 2.29. The fourth-order valence-electron chi connectivity index (χ4n) is 2.47. The number of ether oxygens (including phenoxy) is 1. The minimum Gasteiger partial charge on any atom is -0.384 e. The van der Waals surface area contributed by atoms with Crippen LogP contribution in [0.3, 0.4) is 0 Å². The Kier molecular flexibility index (Phi) is 6.32. The van der Waals surface area contributed by atoms with Gasteiger partial charge in [-0.15, -0.1) is 0 Å². The third-order valence-corrected chi connectivity index (χ3v) is 3.85. The number of hydrogen-bond donors (Lipinski definition) is 1. The normalized spacial score (nSPS) is 26.6. The number of piperidine rings is 1. The van der Waals surface area contributed by atoms with Gasteiger partial charge in [0.1, 0.15) is 0 Å². The third kappa shape index (κ3) is 4.40. The van der Waals surface area contributed by atoms with Crippen LogP contribution in [0.15, 0.2) is 0 Å². The molecule has 1 heterocycles. The van der Waals surface area contributed by atoms with E-state index in [-0.39, 0.29) is 0 Å². The first-order valence-electron chi connectivity index (χ1n) is 6.64. The fraction of sp³-hybridized carbons (Fsp3) is 1.00. The zero-order chi connectivity index (χ0) is 12.0. The molecule has 2 N–H and O–H groups in total. The Morgan fingerprint density at radius 1 is 1.50 bits per heavy atom. The molecule has 3 heteroatoms. The van der Waals surface area contributed by atoms with Crippen LogP contribution < -0.4 is 5.73 Å². The second-order valence-corrected chi connectivity index (χ2v) is 5.27. The highest BCUT2D eigenvalue weighted by Crippen LogP contribution is 2.18. The molecule has 1 aliphatic heterocycles.